The molecule has 186 valence electrons. The largest absolute Gasteiger partial charge is 0.427 e. The Balaban J connectivity index is 2.38. The zero-order valence-corrected chi connectivity index (χ0v) is 17.0. The number of benzene rings is 2. The van der Waals surface area contributed by atoms with Crippen molar-refractivity contribution in [2.24, 2.45) is 0 Å². The van der Waals surface area contributed by atoms with E-state index in [9.17, 15) is 59.5 Å². The fourth-order valence-electron chi connectivity index (χ4n) is 2.52. The highest BCUT2D eigenvalue weighted by Gasteiger charge is 2.59. The predicted molar refractivity (Wildman–Crippen MR) is 99.9 cm³/mol. The molecule has 0 heterocycles. The number of halogens is 9. The summed E-state index contributed by atoms with van der Waals surface area (Å²) in [6.45, 7) is 0. The molecule has 0 saturated carbocycles. The first-order chi connectivity index (χ1) is 15.4. The molecule has 2 aromatic carbocycles. The Morgan fingerprint density at radius 2 is 1.50 bits per heavy atom. The topological polar surface area (TPSA) is 92.5 Å². The van der Waals surface area contributed by atoms with Crippen LogP contribution in [0.25, 0.3) is 0 Å². The predicted octanol–water partition coefficient (Wildman–Crippen LogP) is 5.66. The van der Waals surface area contributed by atoms with E-state index in [1.807, 2.05) is 0 Å². The second kappa shape index (κ2) is 9.32. The van der Waals surface area contributed by atoms with Crippen molar-refractivity contribution in [3.05, 3.63) is 63.7 Å². The number of nitro benzene ring substituents is 1. The third-order valence-electron chi connectivity index (χ3n) is 4.23. The van der Waals surface area contributed by atoms with Crippen molar-refractivity contribution in [1.82, 2.24) is 0 Å². The molecule has 2 rings (SSSR count). The van der Waals surface area contributed by atoms with Crippen LogP contribution in [0.1, 0.15) is 11.1 Å². The van der Waals surface area contributed by atoms with Crippen LogP contribution in [0.3, 0.4) is 0 Å². The number of amides is 1. The molecular formula is C18H11F9N2O4S. The van der Waals surface area contributed by atoms with Crippen molar-refractivity contribution in [3.63, 3.8) is 0 Å². The molecule has 0 radical (unpaired) electrons. The van der Waals surface area contributed by atoms with Gasteiger partial charge < -0.3 is 10.4 Å². The average Bonchev–Trinajstić information content (AvgIpc) is 2.69. The summed E-state index contributed by atoms with van der Waals surface area (Å²) < 4.78 is 119. The number of nitrogens with one attached hydrogen (secondary N) is 1. The van der Waals surface area contributed by atoms with E-state index in [1.54, 1.807) is 0 Å². The Morgan fingerprint density at radius 1 is 0.941 bits per heavy atom. The normalized spacial score (nSPS) is 14.4. The first-order valence-electron chi connectivity index (χ1n) is 8.63. The molecule has 16 heteroatoms. The molecule has 1 atom stereocenters. The lowest BCUT2D eigenvalue weighted by Crippen LogP contribution is -2.56. The van der Waals surface area contributed by atoms with Gasteiger partial charge in [-0.1, -0.05) is 12.1 Å². The zero-order chi connectivity index (χ0) is 26.1. The van der Waals surface area contributed by atoms with Gasteiger partial charge >= 0.3 is 18.5 Å². The van der Waals surface area contributed by atoms with Gasteiger partial charge in [-0.05, 0) is 24.3 Å². The quantitative estimate of drug-likeness (QED) is 0.221. The lowest BCUT2D eigenvalue weighted by Gasteiger charge is -2.29. The van der Waals surface area contributed by atoms with Gasteiger partial charge in [0, 0.05) is 22.4 Å². The van der Waals surface area contributed by atoms with Crippen molar-refractivity contribution in [1.29, 1.82) is 0 Å². The van der Waals surface area contributed by atoms with Crippen molar-refractivity contribution < 1.29 is 54.3 Å². The van der Waals surface area contributed by atoms with E-state index in [2.05, 4.69) is 0 Å². The van der Waals surface area contributed by atoms with Crippen LogP contribution in [-0.2, 0) is 17.1 Å². The fourth-order valence-corrected chi connectivity index (χ4v) is 3.69. The van der Waals surface area contributed by atoms with E-state index in [-0.39, 0.29) is 23.9 Å². The van der Waals surface area contributed by atoms with Crippen LogP contribution in [0.15, 0.2) is 47.4 Å². The molecule has 0 bridgehead atoms. The fraction of sp³-hybridized carbons (Fsp3) is 0.278. The Bertz CT molecular complexity index is 1090. The summed E-state index contributed by atoms with van der Waals surface area (Å²) in [6.07, 6.45) is -16.0. The summed E-state index contributed by atoms with van der Waals surface area (Å²) in [5.74, 6) is -3.99. The standard InChI is InChI=1S/C18H11F9N2O4S/c19-16(20,21)10-3-1-2-4-13(10)34-8-15(31,18(25,26)27)14(30)28-9-5-6-12(29(32)33)11(7-9)17(22,23)24/h1-7,31H,8H2,(H,28,30). The molecule has 0 aliphatic heterocycles. The molecule has 0 fully saturated rings. The Labute approximate surface area is 187 Å². The highest BCUT2D eigenvalue weighted by Crippen LogP contribution is 2.42. The first-order valence-corrected chi connectivity index (χ1v) is 9.61. The van der Waals surface area contributed by atoms with Crippen LogP contribution in [0.5, 0.6) is 0 Å². The number of thioether (sulfide) groups is 1. The maximum atomic E-state index is 13.5. The molecular weight excluding hydrogens is 511 g/mol. The van der Waals surface area contributed by atoms with Crippen molar-refractivity contribution >= 4 is 29.0 Å². The molecule has 0 aromatic heterocycles. The van der Waals surface area contributed by atoms with E-state index in [0.29, 0.717) is 12.1 Å². The minimum Gasteiger partial charge on any atom is -0.372 e. The number of alkyl halides is 9. The highest BCUT2D eigenvalue weighted by molar-refractivity contribution is 7.99. The number of anilines is 1. The monoisotopic (exact) mass is 522 g/mol. The maximum absolute atomic E-state index is 13.5. The van der Waals surface area contributed by atoms with Gasteiger partial charge in [0.15, 0.2) is 0 Å². The molecule has 34 heavy (non-hydrogen) atoms. The minimum absolute atomic E-state index is 0.0150. The van der Waals surface area contributed by atoms with E-state index in [4.69, 9.17) is 0 Å². The molecule has 0 aliphatic carbocycles. The van der Waals surface area contributed by atoms with Gasteiger partial charge in [0.05, 0.1) is 10.5 Å². The van der Waals surface area contributed by atoms with Crippen LogP contribution in [-0.4, -0.2) is 33.5 Å². The number of hydrogen-bond donors (Lipinski definition) is 2. The second-order valence-corrected chi connectivity index (χ2v) is 7.60. The number of rotatable bonds is 6. The third-order valence-corrected chi connectivity index (χ3v) is 5.46. The third kappa shape index (κ3) is 5.91. The maximum Gasteiger partial charge on any atom is 0.427 e. The van der Waals surface area contributed by atoms with Gasteiger partial charge in [0.25, 0.3) is 11.6 Å². The average molecular weight is 522 g/mol. The molecule has 6 nitrogen and oxygen atoms in total. The highest BCUT2D eigenvalue weighted by atomic mass is 32.2. The van der Waals surface area contributed by atoms with Crippen LogP contribution in [0, 0.1) is 10.1 Å². The minimum atomic E-state index is -5.76. The van der Waals surface area contributed by atoms with Gasteiger partial charge in [0.1, 0.15) is 5.56 Å². The molecule has 1 amide bonds. The number of carbonyl (C=O) groups is 1. The van der Waals surface area contributed by atoms with E-state index in [0.717, 1.165) is 18.2 Å². The lowest BCUT2D eigenvalue weighted by atomic mass is 10.0. The summed E-state index contributed by atoms with van der Waals surface area (Å²) in [5, 5.41) is 22.2. The van der Waals surface area contributed by atoms with Crippen LogP contribution in [0.4, 0.5) is 50.9 Å². The molecule has 0 spiro atoms. The Kier molecular flexibility index (Phi) is 7.47. The van der Waals surface area contributed by atoms with E-state index >= 15 is 0 Å². The summed E-state index contributed by atoms with van der Waals surface area (Å²) in [4.78, 5) is 20.8. The number of aliphatic hydroxyl groups is 1. The van der Waals surface area contributed by atoms with Crippen molar-refractivity contribution in [3.8, 4) is 0 Å². The van der Waals surface area contributed by atoms with Crippen LogP contribution < -0.4 is 5.32 Å². The lowest BCUT2D eigenvalue weighted by molar-refractivity contribution is -0.388. The summed E-state index contributed by atoms with van der Waals surface area (Å²) in [6, 6.07) is 4.15. The number of nitro groups is 1. The summed E-state index contributed by atoms with van der Waals surface area (Å²) in [5.41, 5.74) is -9.99. The second-order valence-electron chi connectivity index (χ2n) is 6.58. The number of nitrogens with zero attached hydrogens (tertiary/aromatic N) is 1. The van der Waals surface area contributed by atoms with E-state index < -0.39 is 68.1 Å². The van der Waals surface area contributed by atoms with Crippen LogP contribution in [0.2, 0.25) is 0 Å². The SMILES string of the molecule is O=C(Nc1ccc([N+](=O)[O-])c(C(F)(F)F)c1)C(O)(CSc1ccccc1C(F)(F)F)C(F)(F)F. The van der Waals surface area contributed by atoms with Crippen molar-refractivity contribution in [2.45, 2.75) is 29.0 Å². The van der Waals surface area contributed by atoms with Gasteiger partial charge in [0.2, 0.25) is 5.60 Å². The van der Waals surface area contributed by atoms with Gasteiger partial charge in [-0.15, -0.1) is 11.8 Å². The van der Waals surface area contributed by atoms with Crippen LogP contribution >= 0.6 is 11.8 Å². The molecule has 1 unspecified atom stereocenters. The van der Waals surface area contributed by atoms with E-state index in [1.165, 1.54) is 5.32 Å². The molecule has 0 aliphatic rings. The Morgan fingerprint density at radius 3 is 2.00 bits per heavy atom. The molecule has 0 saturated heterocycles. The molecule has 2 aromatic rings. The van der Waals surface area contributed by atoms with Crippen molar-refractivity contribution in [2.75, 3.05) is 11.1 Å². The summed E-state index contributed by atoms with van der Waals surface area (Å²) in [7, 11) is 0. The van der Waals surface area contributed by atoms with Gasteiger partial charge in [-0.25, -0.2) is 0 Å². The zero-order valence-electron chi connectivity index (χ0n) is 16.2. The number of hydrogen-bond acceptors (Lipinski definition) is 5. The molecule has 2 N–H and O–H groups in total. The Hall–Kier alpha value is -3.01. The number of carbonyl (C=O) groups excluding carboxylic acids is 1. The first kappa shape index (κ1) is 27.2. The smallest absolute Gasteiger partial charge is 0.372 e. The summed E-state index contributed by atoms with van der Waals surface area (Å²) >= 11 is -0.160. The van der Waals surface area contributed by atoms with Gasteiger partial charge in [-0.2, -0.15) is 39.5 Å². The van der Waals surface area contributed by atoms with Gasteiger partial charge in [-0.3, -0.25) is 14.9 Å².